The molecule has 1 unspecified atom stereocenters. The van der Waals surface area contributed by atoms with Crippen molar-refractivity contribution in [1.29, 1.82) is 0 Å². The van der Waals surface area contributed by atoms with Gasteiger partial charge in [0, 0.05) is 29.3 Å². The SMILES string of the molecule is CC.C[C@@H]1CCC[C@H](C)CC(C)(COc2cc(F)c([SH+]C3CCCC3)cc2Cl)C1.O=CO. The second-order valence-corrected chi connectivity index (χ2v) is 11.4. The van der Waals surface area contributed by atoms with E-state index in [1.54, 1.807) is 6.07 Å². The van der Waals surface area contributed by atoms with Crippen LogP contribution in [0.15, 0.2) is 17.0 Å². The zero-order chi connectivity index (χ0) is 24.1. The monoisotopic (exact) mass is 489 g/mol. The van der Waals surface area contributed by atoms with Crippen LogP contribution in [-0.4, -0.2) is 23.4 Å². The van der Waals surface area contributed by atoms with E-state index < -0.39 is 0 Å². The van der Waals surface area contributed by atoms with E-state index in [1.807, 2.05) is 13.8 Å². The van der Waals surface area contributed by atoms with Gasteiger partial charge in [-0.05, 0) is 50.4 Å². The summed E-state index contributed by atoms with van der Waals surface area (Å²) in [5, 5.41) is 8.02. The first-order valence-electron chi connectivity index (χ1n) is 12.2. The normalized spacial score (nSPS) is 26.0. The smallest absolute Gasteiger partial charge is 0.290 e. The minimum absolute atomic E-state index is 0.125. The van der Waals surface area contributed by atoms with E-state index in [0.29, 0.717) is 34.5 Å². The van der Waals surface area contributed by atoms with Crippen LogP contribution in [0.1, 0.15) is 92.4 Å². The Morgan fingerprint density at radius 1 is 1.12 bits per heavy atom. The van der Waals surface area contributed by atoms with Gasteiger partial charge in [-0.3, -0.25) is 4.79 Å². The average molecular weight is 490 g/mol. The minimum Gasteiger partial charge on any atom is -0.491 e. The summed E-state index contributed by atoms with van der Waals surface area (Å²) in [6.45, 7) is 11.4. The number of thiol groups is 1. The molecule has 2 fully saturated rings. The van der Waals surface area contributed by atoms with Crippen molar-refractivity contribution in [3.63, 3.8) is 0 Å². The van der Waals surface area contributed by atoms with Crippen molar-refractivity contribution in [3.8, 4) is 5.75 Å². The van der Waals surface area contributed by atoms with Gasteiger partial charge < -0.3 is 9.84 Å². The first-order chi connectivity index (χ1) is 15.3. The van der Waals surface area contributed by atoms with E-state index in [4.69, 9.17) is 26.2 Å². The van der Waals surface area contributed by atoms with Gasteiger partial charge in [-0.2, -0.15) is 0 Å². The summed E-state index contributed by atoms with van der Waals surface area (Å²) in [6.07, 6.45) is 11.2. The van der Waals surface area contributed by atoms with Gasteiger partial charge in [0.15, 0.2) is 10.7 Å². The summed E-state index contributed by atoms with van der Waals surface area (Å²) in [5.41, 5.74) is 0.125. The predicted molar refractivity (Wildman–Crippen MR) is 136 cm³/mol. The van der Waals surface area contributed by atoms with Gasteiger partial charge in [-0.1, -0.05) is 65.5 Å². The maximum atomic E-state index is 14.6. The van der Waals surface area contributed by atoms with Gasteiger partial charge in [-0.15, -0.1) is 0 Å². The van der Waals surface area contributed by atoms with Crippen LogP contribution in [0.3, 0.4) is 0 Å². The molecule has 3 atom stereocenters. The number of hydrogen-bond acceptors (Lipinski definition) is 2. The molecule has 3 rings (SSSR count). The maximum Gasteiger partial charge on any atom is 0.290 e. The fourth-order valence-electron chi connectivity index (χ4n) is 5.11. The van der Waals surface area contributed by atoms with E-state index in [1.165, 1.54) is 51.0 Å². The third-order valence-corrected chi connectivity index (χ3v) is 8.10. The molecule has 2 saturated carbocycles. The molecule has 0 bridgehead atoms. The lowest BCUT2D eigenvalue weighted by Crippen LogP contribution is -2.31. The molecule has 0 spiro atoms. The van der Waals surface area contributed by atoms with Crippen molar-refractivity contribution < 1.29 is 19.0 Å². The Labute approximate surface area is 203 Å². The van der Waals surface area contributed by atoms with Gasteiger partial charge in [0.25, 0.3) is 6.47 Å². The largest absolute Gasteiger partial charge is 0.491 e. The zero-order valence-corrected chi connectivity index (χ0v) is 22.2. The highest BCUT2D eigenvalue weighted by Crippen LogP contribution is 2.40. The molecule has 0 aliphatic heterocycles. The van der Waals surface area contributed by atoms with Gasteiger partial charge in [0.05, 0.1) is 11.6 Å². The number of carbonyl (C=O) groups is 1. The van der Waals surface area contributed by atoms with Crippen LogP contribution in [-0.2, 0) is 16.6 Å². The quantitative estimate of drug-likeness (QED) is 0.259. The highest BCUT2D eigenvalue weighted by atomic mass is 35.5. The molecular formula is C26H43ClFO3S+. The Bertz CT molecular complexity index is 667. The summed E-state index contributed by atoms with van der Waals surface area (Å²) in [7, 11) is 0. The van der Waals surface area contributed by atoms with Gasteiger partial charge in [0.1, 0.15) is 11.0 Å². The molecule has 1 N–H and O–H groups in total. The van der Waals surface area contributed by atoms with Crippen LogP contribution in [0.2, 0.25) is 5.02 Å². The molecule has 0 radical (unpaired) electrons. The highest BCUT2D eigenvalue weighted by molar-refractivity contribution is 7.79. The van der Waals surface area contributed by atoms with Crippen molar-refractivity contribution in [2.24, 2.45) is 17.3 Å². The Morgan fingerprint density at radius 3 is 2.19 bits per heavy atom. The first-order valence-corrected chi connectivity index (χ1v) is 13.5. The molecule has 6 heteroatoms. The van der Waals surface area contributed by atoms with Crippen molar-refractivity contribution in [2.45, 2.75) is 103 Å². The summed E-state index contributed by atoms with van der Waals surface area (Å²) in [5.74, 6) is 1.76. The average Bonchev–Trinajstić information content (AvgIpc) is 3.23. The summed E-state index contributed by atoms with van der Waals surface area (Å²) in [6, 6.07) is 3.30. The van der Waals surface area contributed by atoms with Crippen LogP contribution in [0.5, 0.6) is 5.75 Å². The third kappa shape index (κ3) is 9.91. The van der Waals surface area contributed by atoms with E-state index in [0.717, 1.165) is 29.5 Å². The Balaban J connectivity index is 0.000000944. The standard InChI is InChI=1S/C23H34ClFOS.C2H6.CH2O2/c1-16-7-6-8-17(2)14-23(3,13-16)15-26-21-12-20(25)22(11-19(21)24)27-18-9-4-5-10-18;1-2;2-1-3/h11-12,16-18H,4-10,13-15H2,1-3H3;1-2H3;1H,(H,2,3)/p+1/t16-,17+,23?;;. The molecule has 184 valence electrons. The van der Waals surface area contributed by atoms with E-state index >= 15 is 0 Å². The third-order valence-electron chi connectivity index (χ3n) is 6.30. The van der Waals surface area contributed by atoms with E-state index in [2.05, 4.69) is 20.8 Å². The van der Waals surface area contributed by atoms with Crippen LogP contribution < -0.4 is 4.74 Å². The molecule has 2 aliphatic rings. The Hall–Kier alpha value is -0.940. The molecule has 0 saturated heterocycles. The molecule has 3 nitrogen and oxygen atoms in total. The molecule has 0 aromatic heterocycles. The zero-order valence-electron chi connectivity index (χ0n) is 20.5. The number of benzene rings is 1. The molecule has 0 amide bonds. The first kappa shape index (κ1) is 29.1. The molecule has 0 heterocycles. The van der Waals surface area contributed by atoms with Crippen molar-refractivity contribution in [2.75, 3.05) is 6.61 Å². The van der Waals surface area contributed by atoms with Gasteiger partial charge >= 0.3 is 0 Å². The molecule has 1 aromatic carbocycles. The number of rotatable bonds is 5. The lowest BCUT2D eigenvalue weighted by atomic mass is 9.71. The van der Waals surface area contributed by atoms with Crippen LogP contribution in [0, 0.1) is 23.1 Å². The molecular weight excluding hydrogens is 447 g/mol. The number of halogens is 2. The predicted octanol–water partition coefficient (Wildman–Crippen LogP) is 7.94. The van der Waals surface area contributed by atoms with E-state index in [9.17, 15) is 4.39 Å². The van der Waals surface area contributed by atoms with Crippen molar-refractivity contribution in [3.05, 3.63) is 23.0 Å². The topological polar surface area (TPSA) is 46.5 Å². The molecule has 32 heavy (non-hydrogen) atoms. The maximum absolute atomic E-state index is 14.6. The van der Waals surface area contributed by atoms with Gasteiger partial charge in [-0.25, -0.2) is 4.39 Å². The van der Waals surface area contributed by atoms with Crippen LogP contribution in [0.4, 0.5) is 4.39 Å². The number of hydrogen-bond donors (Lipinski definition) is 1. The molecule has 2 aliphatic carbocycles. The lowest BCUT2D eigenvalue weighted by Gasteiger charge is -2.36. The van der Waals surface area contributed by atoms with Crippen molar-refractivity contribution >= 4 is 29.8 Å². The fourth-order valence-corrected chi connectivity index (χ4v) is 6.81. The summed E-state index contributed by atoms with van der Waals surface area (Å²) >= 11 is 7.55. The Morgan fingerprint density at radius 2 is 1.66 bits per heavy atom. The second-order valence-electron chi connectivity index (χ2n) is 9.56. The summed E-state index contributed by atoms with van der Waals surface area (Å²) < 4.78 is 20.7. The number of carboxylic acid groups (broad SMARTS) is 1. The number of ether oxygens (including phenoxy) is 1. The highest BCUT2D eigenvalue weighted by Gasteiger charge is 2.32. The van der Waals surface area contributed by atoms with Crippen molar-refractivity contribution in [1.82, 2.24) is 0 Å². The second kappa shape index (κ2) is 15.1. The fraction of sp³-hybridized carbons (Fsp3) is 0.731. The van der Waals surface area contributed by atoms with Crippen LogP contribution in [0.25, 0.3) is 0 Å². The summed E-state index contributed by atoms with van der Waals surface area (Å²) in [4.78, 5) is 9.08. The van der Waals surface area contributed by atoms with Crippen LogP contribution >= 0.6 is 11.6 Å². The van der Waals surface area contributed by atoms with E-state index in [-0.39, 0.29) is 17.7 Å². The van der Waals surface area contributed by atoms with Gasteiger partial charge in [0.2, 0.25) is 0 Å². The minimum atomic E-state index is -0.250. The molecule has 1 aromatic rings. The Kier molecular flexibility index (Phi) is 13.7. The lowest BCUT2D eigenvalue weighted by molar-refractivity contribution is -0.122.